The number of rotatable bonds is 4. The van der Waals surface area contributed by atoms with Gasteiger partial charge in [0.05, 0.1) is 0 Å². The topological polar surface area (TPSA) is 67.4 Å². The zero-order chi connectivity index (χ0) is 13.8. The number of amides is 2. The van der Waals surface area contributed by atoms with Gasteiger partial charge in [-0.05, 0) is 24.3 Å². The first kappa shape index (κ1) is 13.7. The highest BCUT2D eigenvalue weighted by Crippen LogP contribution is 2.26. The Morgan fingerprint density at radius 1 is 1.58 bits per heavy atom. The van der Waals surface area contributed by atoms with Crippen LogP contribution >= 0.6 is 11.3 Å². The molecule has 2 N–H and O–H groups in total. The molecule has 2 rings (SSSR count). The number of nitrogens with one attached hydrogen (secondary N) is 2. The van der Waals surface area contributed by atoms with Crippen LogP contribution < -0.4 is 15.4 Å². The van der Waals surface area contributed by atoms with Crippen LogP contribution in [0.5, 0.6) is 5.75 Å². The minimum Gasteiger partial charge on any atom is -0.433 e. The molecule has 1 fully saturated rings. The van der Waals surface area contributed by atoms with Crippen LogP contribution in [0.3, 0.4) is 0 Å². The summed E-state index contributed by atoms with van der Waals surface area (Å²) in [6.07, 6.45) is 1.30. The molecule has 2 amide bonds. The van der Waals surface area contributed by atoms with Gasteiger partial charge in [-0.25, -0.2) is 0 Å². The molecule has 0 saturated carbocycles. The second-order valence-electron chi connectivity index (χ2n) is 3.95. The van der Waals surface area contributed by atoms with Gasteiger partial charge in [-0.15, -0.1) is 11.3 Å². The Morgan fingerprint density at radius 2 is 2.37 bits per heavy atom. The lowest BCUT2D eigenvalue weighted by molar-refractivity contribution is -0.124. The minimum absolute atomic E-state index is 0.0404. The van der Waals surface area contributed by atoms with Crippen LogP contribution in [0.15, 0.2) is 11.4 Å². The number of halogens is 2. The number of hydrogen-bond acceptors (Lipinski definition) is 4. The second-order valence-corrected chi connectivity index (χ2v) is 4.87. The molecule has 1 saturated heterocycles. The molecule has 0 aliphatic carbocycles. The van der Waals surface area contributed by atoms with E-state index in [9.17, 15) is 18.4 Å². The van der Waals surface area contributed by atoms with Crippen molar-refractivity contribution >= 4 is 23.2 Å². The van der Waals surface area contributed by atoms with E-state index >= 15 is 0 Å². The van der Waals surface area contributed by atoms with Gasteiger partial charge in [-0.1, -0.05) is 0 Å². The van der Waals surface area contributed by atoms with Crippen molar-refractivity contribution in [1.82, 2.24) is 10.6 Å². The summed E-state index contributed by atoms with van der Waals surface area (Å²) in [6.45, 7) is -2.40. The number of piperidine rings is 1. The summed E-state index contributed by atoms with van der Waals surface area (Å²) in [5, 5.41) is 6.63. The Labute approximate surface area is 111 Å². The zero-order valence-electron chi connectivity index (χ0n) is 9.82. The van der Waals surface area contributed by atoms with Crippen LogP contribution in [0.4, 0.5) is 8.78 Å². The SMILES string of the molecule is O=C(NC1CCCNC1=O)c1sccc1OC(F)F. The van der Waals surface area contributed by atoms with Gasteiger partial charge in [-0.3, -0.25) is 9.59 Å². The third kappa shape index (κ3) is 3.40. The van der Waals surface area contributed by atoms with E-state index in [1.807, 2.05) is 0 Å². The molecule has 0 spiro atoms. The molecule has 1 atom stereocenters. The van der Waals surface area contributed by atoms with Crippen LogP contribution in [0, 0.1) is 0 Å². The molecule has 1 aromatic heterocycles. The van der Waals surface area contributed by atoms with E-state index in [0.717, 1.165) is 17.8 Å². The van der Waals surface area contributed by atoms with E-state index in [1.165, 1.54) is 11.4 Å². The van der Waals surface area contributed by atoms with Crippen molar-refractivity contribution in [2.75, 3.05) is 6.54 Å². The average Bonchev–Trinajstić information content (AvgIpc) is 2.79. The Kier molecular flexibility index (Phi) is 4.31. The van der Waals surface area contributed by atoms with Gasteiger partial charge < -0.3 is 15.4 Å². The predicted octanol–water partition coefficient (Wildman–Crippen LogP) is 1.36. The standard InChI is InChI=1S/C11H12F2N2O3S/c12-11(13)18-7-3-5-19-8(7)10(17)15-6-2-1-4-14-9(6)16/h3,5-6,11H,1-2,4H2,(H,14,16)(H,15,17). The van der Waals surface area contributed by atoms with Gasteiger partial charge >= 0.3 is 6.61 Å². The monoisotopic (exact) mass is 290 g/mol. The van der Waals surface area contributed by atoms with Crippen molar-refractivity contribution in [3.05, 3.63) is 16.3 Å². The summed E-state index contributed by atoms with van der Waals surface area (Å²) in [5.74, 6) is -1.01. The van der Waals surface area contributed by atoms with Crippen LogP contribution in [-0.2, 0) is 4.79 Å². The van der Waals surface area contributed by atoms with Gasteiger partial charge in [0, 0.05) is 6.54 Å². The van der Waals surface area contributed by atoms with Crippen molar-refractivity contribution in [1.29, 1.82) is 0 Å². The maximum Gasteiger partial charge on any atom is 0.387 e. The molecular weight excluding hydrogens is 278 g/mol. The zero-order valence-corrected chi connectivity index (χ0v) is 10.6. The lowest BCUT2D eigenvalue weighted by Gasteiger charge is -2.22. The van der Waals surface area contributed by atoms with Crippen LogP contribution in [0.2, 0.25) is 0 Å². The molecule has 1 aromatic rings. The van der Waals surface area contributed by atoms with Gasteiger partial charge in [0.1, 0.15) is 16.7 Å². The highest BCUT2D eigenvalue weighted by atomic mass is 32.1. The number of alkyl halides is 2. The molecular formula is C11H12F2N2O3S. The highest BCUT2D eigenvalue weighted by molar-refractivity contribution is 7.12. The van der Waals surface area contributed by atoms with E-state index in [1.54, 1.807) is 0 Å². The average molecular weight is 290 g/mol. The van der Waals surface area contributed by atoms with Crippen molar-refractivity contribution < 1.29 is 23.1 Å². The van der Waals surface area contributed by atoms with Gasteiger partial charge in [0.2, 0.25) is 5.91 Å². The Bertz CT molecular complexity index is 478. The quantitative estimate of drug-likeness (QED) is 0.880. The Hall–Kier alpha value is -1.70. The van der Waals surface area contributed by atoms with E-state index in [2.05, 4.69) is 15.4 Å². The van der Waals surface area contributed by atoms with Crippen LogP contribution in [0.25, 0.3) is 0 Å². The first-order chi connectivity index (χ1) is 9.08. The summed E-state index contributed by atoms with van der Waals surface area (Å²) in [4.78, 5) is 23.4. The summed E-state index contributed by atoms with van der Waals surface area (Å²) < 4.78 is 28.5. The van der Waals surface area contributed by atoms with E-state index in [-0.39, 0.29) is 16.5 Å². The van der Waals surface area contributed by atoms with Crippen molar-refractivity contribution in [2.24, 2.45) is 0 Å². The van der Waals surface area contributed by atoms with Crippen molar-refractivity contribution in [3.63, 3.8) is 0 Å². The molecule has 104 valence electrons. The fourth-order valence-corrected chi connectivity index (χ4v) is 2.51. The lowest BCUT2D eigenvalue weighted by Crippen LogP contribution is -2.50. The fourth-order valence-electron chi connectivity index (χ4n) is 1.79. The first-order valence-corrected chi connectivity index (χ1v) is 6.57. The fraction of sp³-hybridized carbons (Fsp3) is 0.455. The predicted molar refractivity (Wildman–Crippen MR) is 64.4 cm³/mol. The largest absolute Gasteiger partial charge is 0.433 e. The molecule has 1 aliphatic rings. The molecule has 1 unspecified atom stereocenters. The molecule has 0 bridgehead atoms. The van der Waals surface area contributed by atoms with Crippen LogP contribution in [0.1, 0.15) is 22.5 Å². The summed E-state index contributed by atoms with van der Waals surface area (Å²) in [5.41, 5.74) is 0. The van der Waals surface area contributed by atoms with Gasteiger partial charge in [-0.2, -0.15) is 8.78 Å². The van der Waals surface area contributed by atoms with Crippen molar-refractivity contribution in [2.45, 2.75) is 25.5 Å². The van der Waals surface area contributed by atoms with E-state index in [0.29, 0.717) is 13.0 Å². The molecule has 0 radical (unpaired) electrons. The molecule has 5 nitrogen and oxygen atoms in total. The van der Waals surface area contributed by atoms with E-state index in [4.69, 9.17) is 0 Å². The molecule has 19 heavy (non-hydrogen) atoms. The number of hydrogen-bond donors (Lipinski definition) is 2. The molecule has 2 heterocycles. The molecule has 8 heteroatoms. The van der Waals surface area contributed by atoms with Gasteiger partial charge in [0.25, 0.3) is 5.91 Å². The summed E-state index contributed by atoms with van der Waals surface area (Å²) in [7, 11) is 0. The Morgan fingerprint density at radius 3 is 3.05 bits per heavy atom. The summed E-state index contributed by atoms with van der Waals surface area (Å²) >= 11 is 0.987. The maximum atomic E-state index is 12.1. The molecule has 0 aromatic carbocycles. The number of ether oxygens (including phenoxy) is 1. The number of thiophene rings is 1. The van der Waals surface area contributed by atoms with Crippen molar-refractivity contribution in [3.8, 4) is 5.75 Å². The Balaban J connectivity index is 2.03. The molecule has 1 aliphatic heterocycles. The first-order valence-electron chi connectivity index (χ1n) is 5.69. The third-order valence-electron chi connectivity index (χ3n) is 2.64. The van der Waals surface area contributed by atoms with Gasteiger partial charge in [0.15, 0.2) is 0 Å². The normalized spacial score (nSPS) is 19.1. The minimum atomic E-state index is -2.99. The number of carbonyl (C=O) groups excluding carboxylic acids is 2. The summed E-state index contributed by atoms with van der Waals surface area (Å²) in [6, 6.07) is 0.676. The lowest BCUT2D eigenvalue weighted by atomic mass is 10.1. The third-order valence-corrected chi connectivity index (χ3v) is 3.54. The van der Waals surface area contributed by atoms with E-state index < -0.39 is 18.6 Å². The van der Waals surface area contributed by atoms with Crippen LogP contribution in [-0.4, -0.2) is 31.0 Å². The highest BCUT2D eigenvalue weighted by Gasteiger charge is 2.26. The second kappa shape index (κ2) is 5.96. The number of carbonyl (C=O) groups is 2. The maximum absolute atomic E-state index is 12.1. The smallest absolute Gasteiger partial charge is 0.387 e.